The van der Waals surface area contributed by atoms with Gasteiger partial charge in [-0.1, -0.05) is 11.6 Å². The van der Waals surface area contributed by atoms with Crippen molar-refractivity contribution in [2.24, 2.45) is 0 Å². The minimum atomic E-state index is -4.57. The van der Waals surface area contributed by atoms with Crippen LogP contribution in [0.4, 0.5) is 24.5 Å². The van der Waals surface area contributed by atoms with E-state index in [0.29, 0.717) is 5.69 Å². The first-order chi connectivity index (χ1) is 11.9. The van der Waals surface area contributed by atoms with Crippen LogP contribution in [-0.2, 0) is 16.2 Å². The number of alkyl halides is 3. The maximum absolute atomic E-state index is 12.8. The van der Waals surface area contributed by atoms with Gasteiger partial charge in [-0.25, -0.2) is 8.42 Å². The number of rotatable bonds is 4. The average molecular weight is 407 g/mol. The van der Waals surface area contributed by atoms with Gasteiger partial charge >= 0.3 is 6.18 Å². The number of benzene rings is 2. The van der Waals surface area contributed by atoms with Crippen LogP contribution in [0.15, 0.2) is 42.5 Å². The lowest BCUT2D eigenvalue weighted by Crippen LogP contribution is -2.24. The van der Waals surface area contributed by atoms with Gasteiger partial charge in [-0.15, -0.1) is 0 Å². The maximum Gasteiger partial charge on any atom is 0.416 e. The molecule has 0 unspecified atom stereocenters. The third-order valence-electron chi connectivity index (χ3n) is 3.53. The molecule has 0 aliphatic heterocycles. The number of hydrogen-bond donors (Lipinski definition) is 1. The van der Waals surface area contributed by atoms with Gasteiger partial charge in [-0.3, -0.25) is 9.10 Å². The van der Waals surface area contributed by atoms with E-state index >= 15 is 0 Å². The summed E-state index contributed by atoms with van der Waals surface area (Å²) in [6.45, 7) is 0. The molecule has 26 heavy (non-hydrogen) atoms. The first-order valence-corrected chi connectivity index (χ1v) is 9.34. The lowest BCUT2D eigenvalue weighted by molar-refractivity contribution is -0.137. The second-order valence-electron chi connectivity index (χ2n) is 5.42. The first-order valence-electron chi connectivity index (χ1n) is 7.11. The number of halogens is 4. The zero-order valence-corrected chi connectivity index (χ0v) is 15.2. The van der Waals surface area contributed by atoms with Crippen LogP contribution >= 0.6 is 11.6 Å². The molecule has 0 spiro atoms. The molecule has 5 nitrogen and oxygen atoms in total. The van der Waals surface area contributed by atoms with Crippen molar-refractivity contribution in [1.82, 2.24) is 0 Å². The van der Waals surface area contributed by atoms with Crippen LogP contribution in [0.1, 0.15) is 15.9 Å². The Hall–Kier alpha value is -2.26. The van der Waals surface area contributed by atoms with E-state index in [4.69, 9.17) is 11.6 Å². The molecule has 0 heterocycles. The van der Waals surface area contributed by atoms with Gasteiger partial charge in [-0.2, -0.15) is 13.2 Å². The summed E-state index contributed by atoms with van der Waals surface area (Å²) in [6.07, 6.45) is -3.54. The highest BCUT2D eigenvalue weighted by Gasteiger charge is 2.31. The van der Waals surface area contributed by atoms with Crippen molar-refractivity contribution in [2.45, 2.75) is 6.18 Å². The SMILES string of the molecule is CN(c1ccc(C(=O)Nc2cc(C(F)(F)F)ccc2Cl)cc1)S(C)(=O)=O. The smallest absolute Gasteiger partial charge is 0.321 e. The van der Waals surface area contributed by atoms with Gasteiger partial charge in [0.1, 0.15) is 0 Å². The fourth-order valence-corrected chi connectivity index (χ4v) is 2.68. The molecule has 2 aromatic carbocycles. The number of carbonyl (C=O) groups excluding carboxylic acids is 1. The van der Waals surface area contributed by atoms with E-state index in [-0.39, 0.29) is 16.3 Å². The number of sulfonamides is 1. The summed E-state index contributed by atoms with van der Waals surface area (Å²) >= 11 is 5.84. The minimum absolute atomic E-state index is 0.0419. The van der Waals surface area contributed by atoms with Gasteiger partial charge in [0, 0.05) is 12.6 Å². The number of nitrogens with zero attached hydrogens (tertiary/aromatic N) is 1. The van der Waals surface area contributed by atoms with Gasteiger partial charge < -0.3 is 5.32 Å². The summed E-state index contributed by atoms with van der Waals surface area (Å²) in [6, 6.07) is 8.12. The van der Waals surface area contributed by atoms with Crippen LogP contribution in [0.5, 0.6) is 0 Å². The lowest BCUT2D eigenvalue weighted by atomic mass is 10.1. The predicted octanol–water partition coefficient (Wildman–Crippen LogP) is 4.01. The van der Waals surface area contributed by atoms with Gasteiger partial charge in [0.25, 0.3) is 5.91 Å². The Morgan fingerprint density at radius 2 is 1.69 bits per heavy atom. The van der Waals surface area contributed by atoms with Crippen molar-refractivity contribution in [1.29, 1.82) is 0 Å². The average Bonchev–Trinajstić information content (AvgIpc) is 2.54. The molecule has 0 aliphatic rings. The van der Waals surface area contributed by atoms with E-state index in [9.17, 15) is 26.4 Å². The molecule has 140 valence electrons. The summed E-state index contributed by atoms with van der Waals surface area (Å²) in [5.41, 5.74) is -0.656. The quantitative estimate of drug-likeness (QED) is 0.834. The Labute approximate surface area is 153 Å². The molecule has 2 rings (SSSR count). The maximum atomic E-state index is 12.8. The highest BCUT2D eigenvalue weighted by molar-refractivity contribution is 7.92. The van der Waals surface area contributed by atoms with Crippen LogP contribution in [0, 0.1) is 0 Å². The Balaban J connectivity index is 2.23. The molecule has 0 aromatic heterocycles. The first kappa shape index (κ1) is 20.1. The monoisotopic (exact) mass is 406 g/mol. The van der Waals surface area contributed by atoms with Crippen LogP contribution in [-0.4, -0.2) is 27.6 Å². The van der Waals surface area contributed by atoms with E-state index in [0.717, 1.165) is 28.8 Å². The number of nitrogens with one attached hydrogen (secondary N) is 1. The standard InChI is InChI=1S/C16H14ClF3N2O3S/c1-22(26(2,24)25)12-6-3-10(4-7-12)15(23)21-14-9-11(16(18,19)20)5-8-13(14)17/h3-9H,1-2H3,(H,21,23). The highest BCUT2D eigenvalue weighted by Crippen LogP contribution is 2.34. The van der Waals surface area contributed by atoms with Crippen molar-refractivity contribution in [3.8, 4) is 0 Å². The Morgan fingerprint density at radius 3 is 2.19 bits per heavy atom. The summed E-state index contributed by atoms with van der Waals surface area (Å²) in [5, 5.41) is 2.27. The molecule has 0 fully saturated rings. The van der Waals surface area contributed by atoms with Crippen molar-refractivity contribution in [3.63, 3.8) is 0 Å². The largest absolute Gasteiger partial charge is 0.416 e. The second kappa shape index (κ2) is 7.16. The van der Waals surface area contributed by atoms with Crippen molar-refractivity contribution in [2.75, 3.05) is 22.9 Å². The molecule has 0 saturated heterocycles. The molecule has 0 aliphatic carbocycles. The zero-order valence-electron chi connectivity index (χ0n) is 13.6. The second-order valence-corrected chi connectivity index (χ2v) is 7.84. The molecule has 0 saturated carbocycles. The number of hydrogen-bond acceptors (Lipinski definition) is 3. The zero-order chi connectivity index (χ0) is 19.7. The van der Waals surface area contributed by atoms with Crippen LogP contribution in [0.3, 0.4) is 0 Å². The van der Waals surface area contributed by atoms with Gasteiger partial charge in [-0.05, 0) is 42.5 Å². The van der Waals surface area contributed by atoms with E-state index in [1.807, 2.05) is 0 Å². The van der Waals surface area contributed by atoms with Gasteiger partial charge in [0.2, 0.25) is 10.0 Å². The van der Waals surface area contributed by atoms with Gasteiger partial charge in [0.05, 0.1) is 28.2 Å². The van der Waals surface area contributed by atoms with Crippen molar-refractivity contribution >= 4 is 38.9 Å². The van der Waals surface area contributed by atoms with Crippen LogP contribution in [0.2, 0.25) is 5.02 Å². The highest BCUT2D eigenvalue weighted by atomic mass is 35.5. The fourth-order valence-electron chi connectivity index (χ4n) is 2.01. The number of amides is 1. The third kappa shape index (κ3) is 4.67. The topological polar surface area (TPSA) is 66.5 Å². The molecular formula is C16H14ClF3N2O3S. The predicted molar refractivity (Wildman–Crippen MR) is 94.1 cm³/mol. The van der Waals surface area contributed by atoms with E-state index < -0.39 is 27.7 Å². The molecule has 0 radical (unpaired) electrons. The summed E-state index contributed by atoms with van der Waals surface area (Å²) in [5.74, 6) is -0.681. The lowest BCUT2D eigenvalue weighted by Gasteiger charge is -2.17. The Kier molecular flexibility index (Phi) is 5.52. The normalized spacial score (nSPS) is 11.9. The van der Waals surface area contributed by atoms with E-state index in [1.165, 1.54) is 31.3 Å². The molecule has 0 bridgehead atoms. The van der Waals surface area contributed by atoms with Crippen LogP contribution < -0.4 is 9.62 Å². The van der Waals surface area contributed by atoms with E-state index in [2.05, 4.69) is 5.32 Å². The number of carbonyl (C=O) groups is 1. The molecule has 0 atom stereocenters. The summed E-state index contributed by atoms with van der Waals surface area (Å²) in [7, 11) is -2.10. The summed E-state index contributed by atoms with van der Waals surface area (Å²) in [4.78, 5) is 12.2. The molecule has 2 aromatic rings. The summed E-state index contributed by atoms with van der Waals surface area (Å²) < 4.78 is 62.3. The minimum Gasteiger partial charge on any atom is -0.321 e. The van der Waals surface area contributed by atoms with Crippen molar-refractivity contribution < 1.29 is 26.4 Å². The fraction of sp³-hybridized carbons (Fsp3) is 0.188. The molecular weight excluding hydrogens is 393 g/mol. The van der Waals surface area contributed by atoms with Gasteiger partial charge in [0.15, 0.2) is 0 Å². The Morgan fingerprint density at radius 1 is 1.12 bits per heavy atom. The Bertz CT molecular complexity index is 929. The molecule has 10 heteroatoms. The third-order valence-corrected chi connectivity index (χ3v) is 5.07. The molecule has 1 N–H and O–H groups in total. The van der Waals surface area contributed by atoms with Crippen LogP contribution in [0.25, 0.3) is 0 Å². The number of anilines is 2. The van der Waals surface area contributed by atoms with E-state index in [1.54, 1.807) is 0 Å². The molecule has 1 amide bonds. The van der Waals surface area contributed by atoms with Crippen molar-refractivity contribution in [3.05, 3.63) is 58.6 Å².